The number of carboxylic acids is 1. The van der Waals surface area contributed by atoms with Crippen LogP contribution in [0.15, 0.2) is 72.8 Å². The Hall–Kier alpha value is -4.18. The average molecular weight is 434 g/mol. The van der Waals surface area contributed by atoms with Crippen LogP contribution in [0.1, 0.15) is 30.0 Å². The summed E-state index contributed by atoms with van der Waals surface area (Å²) < 4.78 is 29.0. The van der Waals surface area contributed by atoms with Gasteiger partial charge in [-0.1, -0.05) is 60.4 Å². The van der Waals surface area contributed by atoms with Gasteiger partial charge in [0.25, 0.3) is 0 Å². The van der Waals surface area contributed by atoms with E-state index in [0.29, 0.717) is 11.1 Å². The van der Waals surface area contributed by atoms with E-state index in [-0.39, 0.29) is 5.56 Å². The van der Waals surface area contributed by atoms with Crippen molar-refractivity contribution < 1.29 is 23.5 Å². The first-order valence-electron chi connectivity index (χ1n) is 9.69. The second-order valence-electron chi connectivity index (χ2n) is 7.28. The molecule has 0 heterocycles. The Morgan fingerprint density at radius 1 is 0.906 bits per heavy atom. The Bertz CT molecular complexity index is 1170. The van der Waals surface area contributed by atoms with E-state index >= 15 is 0 Å². The third kappa shape index (κ3) is 5.70. The molecule has 0 aromatic heterocycles. The van der Waals surface area contributed by atoms with Gasteiger partial charge in [-0.05, 0) is 36.8 Å². The van der Waals surface area contributed by atoms with Gasteiger partial charge in [0, 0.05) is 11.1 Å². The highest BCUT2D eigenvalue weighted by atomic mass is 19.1. The van der Waals surface area contributed by atoms with Gasteiger partial charge in [-0.3, -0.25) is 4.79 Å². The molecule has 162 valence electrons. The standard InChI is InChI=1S/C25H20F2N2O3/c1-25(16-22(30)31,19-10-6-3-7-11-19)29-24(32)28-23-20(26)14-18(15-21(23)27)13-12-17-8-4-2-5-9-17/h2-11,14-15H,16H2,1H3,(H,30,31)(H2,28,29,32)/t25-/m0/s1. The topological polar surface area (TPSA) is 78.4 Å². The maximum absolute atomic E-state index is 14.5. The number of carbonyl (C=O) groups is 2. The molecular weight excluding hydrogens is 414 g/mol. The second-order valence-corrected chi connectivity index (χ2v) is 7.28. The molecule has 1 atom stereocenters. The summed E-state index contributed by atoms with van der Waals surface area (Å²) in [6, 6.07) is 18.5. The lowest BCUT2D eigenvalue weighted by molar-refractivity contribution is -0.138. The summed E-state index contributed by atoms with van der Waals surface area (Å²) in [4.78, 5) is 23.8. The summed E-state index contributed by atoms with van der Waals surface area (Å²) in [7, 11) is 0. The molecule has 7 heteroatoms. The minimum Gasteiger partial charge on any atom is -0.481 e. The third-order valence-corrected chi connectivity index (χ3v) is 4.71. The second kappa shape index (κ2) is 9.75. The average Bonchev–Trinajstić information content (AvgIpc) is 2.75. The third-order valence-electron chi connectivity index (χ3n) is 4.71. The maximum Gasteiger partial charge on any atom is 0.320 e. The Kier molecular flexibility index (Phi) is 6.86. The predicted molar refractivity (Wildman–Crippen MR) is 117 cm³/mol. The van der Waals surface area contributed by atoms with Gasteiger partial charge in [0.1, 0.15) is 5.69 Å². The van der Waals surface area contributed by atoms with Crippen molar-refractivity contribution in [2.24, 2.45) is 0 Å². The summed E-state index contributed by atoms with van der Waals surface area (Å²) in [6.07, 6.45) is -0.427. The highest BCUT2D eigenvalue weighted by Gasteiger charge is 2.32. The highest BCUT2D eigenvalue weighted by molar-refractivity contribution is 5.90. The van der Waals surface area contributed by atoms with E-state index in [1.165, 1.54) is 6.92 Å². The number of amides is 2. The van der Waals surface area contributed by atoms with Crippen LogP contribution in [-0.2, 0) is 10.3 Å². The van der Waals surface area contributed by atoms with Crippen molar-refractivity contribution in [3.63, 3.8) is 0 Å². The van der Waals surface area contributed by atoms with Gasteiger partial charge < -0.3 is 15.7 Å². The molecule has 0 fully saturated rings. The number of anilines is 1. The molecule has 3 N–H and O–H groups in total. The normalized spacial score (nSPS) is 12.1. The van der Waals surface area contributed by atoms with E-state index in [1.54, 1.807) is 54.6 Å². The molecule has 0 saturated carbocycles. The number of carboxylic acid groups (broad SMARTS) is 1. The number of benzene rings is 3. The molecule has 32 heavy (non-hydrogen) atoms. The lowest BCUT2D eigenvalue weighted by Gasteiger charge is -2.30. The van der Waals surface area contributed by atoms with Gasteiger partial charge in [-0.15, -0.1) is 0 Å². The number of hydrogen-bond acceptors (Lipinski definition) is 2. The van der Waals surface area contributed by atoms with E-state index in [2.05, 4.69) is 22.5 Å². The van der Waals surface area contributed by atoms with Crippen molar-refractivity contribution in [3.8, 4) is 11.8 Å². The zero-order valence-electron chi connectivity index (χ0n) is 17.2. The predicted octanol–water partition coefficient (Wildman–Crippen LogP) is 4.88. The largest absolute Gasteiger partial charge is 0.481 e. The van der Waals surface area contributed by atoms with Crippen molar-refractivity contribution in [1.82, 2.24) is 5.32 Å². The van der Waals surface area contributed by atoms with Crippen molar-refractivity contribution in [2.45, 2.75) is 18.9 Å². The molecule has 0 spiro atoms. The molecule has 0 aliphatic rings. The summed E-state index contributed by atoms with van der Waals surface area (Å²) in [6.45, 7) is 1.52. The molecule has 0 radical (unpaired) electrons. The summed E-state index contributed by atoms with van der Waals surface area (Å²) >= 11 is 0. The van der Waals surface area contributed by atoms with E-state index < -0.39 is 41.3 Å². The van der Waals surface area contributed by atoms with Crippen LogP contribution < -0.4 is 10.6 Å². The van der Waals surface area contributed by atoms with Crippen molar-refractivity contribution in [1.29, 1.82) is 0 Å². The molecule has 0 bridgehead atoms. The fourth-order valence-electron chi connectivity index (χ4n) is 3.15. The minimum absolute atomic E-state index is 0.106. The molecule has 0 aliphatic carbocycles. The molecule has 2 amide bonds. The van der Waals surface area contributed by atoms with E-state index in [9.17, 15) is 23.5 Å². The minimum atomic E-state index is -1.30. The van der Waals surface area contributed by atoms with Crippen LogP contribution in [0.3, 0.4) is 0 Å². The van der Waals surface area contributed by atoms with Crippen LogP contribution in [0.4, 0.5) is 19.3 Å². The number of rotatable bonds is 5. The van der Waals surface area contributed by atoms with Crippen LogP contribution in [0.25, 0.3) is 0 Å². The van der Waals surface area contributed by atoms with Gasteiger partial charge in [0.2, 0.25) is 0 Å². The molecular formula is C25H20F2N2O3. The molecule has 5 nitrogen and oxygen atoms in total. The van der Waals surface area contributed by atoms with E-state index in [0.717, 1.165) is 12.1 Å². The van der Waals surface area contributed by atoms with Gasteiger partial charge >= 0.3 is 12.0 Å². The van der Waals surface area contributed by atoms with Crippen LogP contribution in [-0.4, -0.2) is 17.1 Å². The summed E-state index contributed by atoms with van der Waals surface area (Å²) in [5.41, 5.74) is -0.627. The molecule has 0 saturated heterocycles. The number of halogens is 2. The smallest absolute Gasteiger partial charge is 0.320 e. The first-order valence-corrected chi connectivity index (χ1v) is 9.69. The zero-order chi connectivity index (χ0) is 23.1. The van der Waals surface area contributed by atoms with E-state index in [1.807, 2.05) is 6.07 Å². The monoisotopic (exact) mass is 434 g/mol. The number of carbonyl (C=O) groups excluding carboxylic acids is 1. The first-order chi connectivity index (χ1) is 15.3. The fraction of sp³-hybridized carbons (Fsp3) is 0.120. The number of aliphatic carboxylic acids is 1. The van der Waals surface area contributed by atoms with Crippen molar-refractivity contribution in [3.05, 3.63) is 101 Å². The van der Waals surface area contributed by atoms with Crippen molar-refractivity contribution in [2.75, 3.05) is 5.32 Å². The molecule has 0 aliphatic heterocycles. The Balaban J connectivity index is 1.79. The zero-order valence-corrected chi connectivity index (χ0v) is 17.2. The molecule has 3 aromatic carbocycles. The quantitative estimate of drug-likeness (QED) is 0.501. The Morgan fingerprint density at radius 2 is 1.44 bits per heavy atom. The van der Waals surface area contributed by atoms with Crippen molar-refractivity contribution >= 4 is 17.7 Å². The van der Waals surface area contributed by atoms with Crippen LogP contribution in [0.2, 0.25) is 0 Å². The van der Waals surface area contributed by atoms with Crippen LogP contribution in [0.5, 0.6) is 0 Å². The maximum atomic E-state index is 14.5. The van der Waals surface area contributed by atoms with Gasteiger partial charge in [-0.2, -0.15) is 0 Å². The van der Waals surface area contributed by atoms with Crippen LogP contribution in [0, 0.1) is 23.5 Å². The Morgan fingerprint density at radius 3 is 2.00 bits per heavy atom. The van der Waals surface area contributed by atoms with Gasteiger partial charge in [0.05, 0.1) is 12.0 Å². The molecule has 3 aromatic rings. The highest BCUT2D eigenvalue weighted by Crippen LogP contribution is 2.26. The van der Waals surface area contributed by atoms with Gasteiger partial charge in [0.15, 0.2) is 11.6 Å². The molecule has 3 rings (SSSR count). The summed E-state index contributed by atoms with van der Waals surface area (Å²) in [5, 5.41) is 13.9. The number of urea groups is 1. The first kappa shape index (κ1) is 22.5. The number of nitrogens with one attached hydrogen (secondary N) is 2. The van der Waals surface area contributed by atoms with Crippen LogP contribution >= 0.6 is 0 Å². The lowest BCUT2D eigenvalue weighted by Crippen LogP contribution is -2.47. The SMILES string of the molecule is C[C@@](CC(=O)O)(NC(=O)Nc1c(F)cc(C#Cc2ccccc2)cc1F)c1ccccc1. The number of hydrogen-bond donors (Lipinski definition) is 3. The summed E-state index contributed by atoms with van der Waals surface area (Å²) in [5.74, 6) is 2.34. The lowest BCUT2D eigenvalue weighted by atomic mass is 9.88. The molecule has 0 unspecified atom stereocenters. The Labute approximate surface area is 184 Å². The van der Waals surface area contributed by atoms with E-state index in [4.69, 9.17) is 0 Å². The van der Waals surface area contributed by atoms with Gasteiger partial charge in [-0.25, -0.2) is 13.6 Å². The fourth-order valence-corrected chi connectivity index (χ4v) is 3.15.